The number of carbonyl (C=O) groups excluding carboxylic acids is 2. The lowest BCUT2D eigenvalue weighted by atomic mass is 10.1. The molecule has 0 unspecified atom stereocenters. The molecule has 3 N–H and O–H groups in total. The van der Waals surface area contributed by atoms with E-state index in [-0.39, 0.29) is 29.5 Å². The molecule has 0 spiro atoms. The summed E-state index contributed by atoms with van der Waals surface area (Å²) in [6.45, 7) is 0. The summed E-state index contributed by atoms with van der Waals surface area (Å²) in [5.74, 6) is -1.12. The highest BCUT2D eigenvalue weighted by atomic mass is 19.1. The zero-order chi connectivity index (χ0) is 15.4. The van der Waals surface area contributed by atoms with Gasteiger partial charge in [0.1, 0.15) is 11.4 Å². The molecular weight excluding hydrogens is 275 g/mol. The summed E-state index contributed by atoms with van der Waals surface area (Å²) < 4.78 is 14.2. The molecule has 0 fully saturated rings. The Labute approximate surface area is 120 Å². The number of benzene rings is 1. The average Bonchev–Trinajstić information content (AvgIpc) is 2.79. The summed E-state index contributed by atoms with van der Waals surface area (Å²) in [4.78, 5) is 23.1. The van der Waals surface area contributed by atoms with Gasteiger partial charge < -0.3 is 11.1 Å². The molecule has 0 saturated carbocycles. The summed E-state index contributed by atoms with van der Waals surface area (Å²) >= 11 is 0. The van der Waals surface area contributed by atoms with E-state index in [1.165, 1.54) is 23.0 Å². The van der Waals surface area contributed by atoms with Crippen molar-refractivity contribution >= 4 is 17.6 Å². The number of amides is 2. The lowest BCUT2D eigenvalue weighted by molar-refractivity contribution is -0.116. The molecule has 0 aliphatic heterocycles. The van der Waals surface area contributed by atoms with Crippen molar-refractivity contribution in [1.29, 1.82) is 0 Å². The Morgan fingerprint density at radius 1 is 1.33 bits per heavy atom. The number of rotatable bonds is 5. The highest BCUT2D eigenvalue weighted by Crippen LogP contribution is 2.13. The number of hydrogen-bond acceptors (Lipinski definition) is 3. The van der Waals surface area contributed by atoms with E-state index in [4.69, 9.17) is 5.73 Å². The maximum atomic E-state index is 12.8. The summed E-state index contributed by atoms with van der Waals surface area (Å²) in [6, 6.07) is 5.94. The van der Waals surface area contributed by atoms with E-state index in [9.17, 15) is 14.0 Å². The molecule has 6 nitrogen and oxygen atoms in total. The Morgan fingerprint density at radius 2 is 2.00 bits per heavy atom. The molecule has 110 valence electrons. The van der Waals surface area contributed by atoms with Gasteiger partial charge in [0.25, 0.3) is 5.91 Å². The first-order chi connectivity index (χ1) is 9.95. The Hall–Kier alpha value is -2.70. The van der Waals surface area contributed by atoms with E-state index in [0.717, 1.165) is 5.56 Å². The molecule has 2 rings (SSSR count). The predicted octanol–water partition coefficient (Wildman–Crippen LogP) is 1.23. The topological polar surface area (TPSA) is 90.0 Å². The van der Waals surface area contributed by atoms with E-state index < -0.39 is 5.91 Å². The van der Waals surface area contributed by atoms with Crippen LogP contribution >= 0.6 is 0 Å². The number of nitrogens with two attached hydrogens (primary N) is 1. The average molecular weight is 290 g/mol. The normalized spacial score (nSPS) is 10.4. The number of nitrogens with one attached hydrogen (secondary N) is 1. The molecule has 0 aliphatic carbocycles. The minimum Gasteiger partial charge on any atom is -0.365 e. The van der Waals surface area contributed by atoms with Crippen LogP contribution in [0.2, 0.25) is 0 Å². The van der Waals surface area contributed by atoms with Crippen LogP contribution in [0.15, 0.2) is 30.5 Å². The fourth-order valence-corrected chi connectivity index (χ4v) is 1.86. The first kappa shape index (κ1) is 14.7. The minimum atomic E-state index is -0.656. The van der Waals surface area contributed by atoms with Gasteiger partial charge >= 0.3 is 0 Å². The second-order valence-electron chi connectivity index (χ2n) is 4.60. The molecular formula is C14H15FN4O2. The van der Waals surface area contributed by atoms with Gasteiger partial charge in [0.15, 0.2) is 5.82 Å². The number of nitrogens with zero attached hydrogens (tertiary/aromatic N) is 2. The highest BCUT2D eigenvalue weighted by molar-refractivity contribution is 6.01. The largest absolute Gasteiger partial charge is 0.365 e. The highest BCUT2D eigenvalue weighted by Gasteiger charge is 2.15. The third kappa shape index (κ3) is 3.88. The number of aryl methyl sites for hydroxylation is 2. The van der Waals surface area contributed by atoms with Crippen molar-refractivity contribution in [1.82, 2.24) is 9.78 Å². The van der Waals surface area contributed by atoms with Crippen molar-refractivity contribution in [2.75, 3.05) is 5.32 Å². The summed E-state index contributed by atoms with van der Waals surface area (Å²) in [5, 5.41) is 6.52. The third-order valence-electron chi connectivity index (χ3n) is 2.91. The van der Waals surface area contributed by atoms with Crippen LogP contribution in [0, 0.1) is 5.82 Å². The van der Waals surface area contributed by atoms with E-state index in [2.05, 4.69) is 10.4 Å². The predicted molar refractivity (Wildman–Crippen MR) is 75.1 cm³/mol. The number of primary amides is 1. The molecule has 0 atom stereocenters. The van der Waals surface area contributed by atoms with Crippen LogP contribution in [0.4, 0.5) is 10.2 Å². The monoisotopic (exact) mass is 290 g/mol. The van der Waals surface area contributed by atoms with Gasteiger partial charge in [0.2, 0.25) is 5.91 Å². The van der Waals surface area contributed by atoms with E-state index in [0.29, 0.717) is 6.42 Å². The minimum absolute atomic E-state index is 0.147. The maximum absolute atomic E-state index is 12.8. The molecule has 1 heterocycles. The molecule has 2 aromatic rings. The van der Waals surface area contributed by atoms with Crippen LogP contribution in [0.1, 0.15) is 22.3 Å². The molecule has 1 aromatic heterocycles. The van der Waals surface area contributed by atoms with Crippen molar-refractivity contribution in [2.24, 2.45) is 12.8 Å². The van der Waals surface area contributed by atoms with E-state index in [1.807, 2.05) is 0 Å². The number of hydrogen-bond donors (Lipinski definition) is 2. The Kier molecular flexibility index (Phi) is 4.32. The first-order valence-electron chi connectivity index (χ1n) is 6.33. The molecule has 7 heteroatoms. The number of anilines is 1. The quantitative estimate of drug-likeness (QED) is 0.867. The third-order valence-corrected chi connectivity index (χ3v) is 2.91. The molecule has 0 aliphatic rings. The zero-order valence-electron chi connectivity index (χ0n) is 11.5. The van der Waals surface area contributed by atoms with Crippen LogP contribution < -0.4 is 11.1 Å². The molecule has 2 amide bonds. The zero-order valence-corrected chi connectivity index (χ0v) is 11.5. The second kappa shape index (κ2) is 6.17. The van der Waals surface area contributed by atoms with Crippen molar-refractivity contribution < 1.29 is 14.0 Å². The Bertz CT molecular complexity index is 664. The summed E-state index contributed by atoms with van der Waals surface area (Å²) in [5.41, 5.74) is 6.21. The number of halogens is 1. The molecule has 0 saturated heterocycles. The van der Waals surface area contributed by atoms with Gasteiger partial charge in [0.05, 0.1) is 0 Å². The van der Waals surface area contributed by atoms with Gasteiger partial charge in [-0.3, -0.25) is 14.3 Å². The van der Waals surface area contributed by atoms with Crippen LogP contribution in [0.5, 0.6) is 0 Å². The smallest absolute Gasteiger partial charge is 0.254 e. The summed E-state index contributed by atoms with van der Waals surface area (Å²) in [7, 11) is 1.63. The van der Waals surface area contributed by atoms with Gasteiger partial charge in [-0.05, 0) is 24.1 Å². The van der Waals surface area contributed by atoms with Crippen molar-refractivity contribution in [3.8, 4) is 0 Å². The van der Waals surface area contributed by atoms with Gasteiger partial charge in [-0.15, -0.1) is 0 Å². The Morgan fingerprint density at radius 3 is 2.62 bits per heavy atom. The molecule has 0 bridgehead atoms. The van der Waals surface area contributed by atoms with Crippen molar-refractivity contribution in [2.45, 2.75) is 12.8 Å². The van der Waals surface area contributed by atoms with Crippen LogP contribution in [0.3, 0.4) is 0 Å². The fourth-order valence-electron chi connectivity index (χ4n) is 1.86. The van der Waals surface area contributed by atoms with Crippen molar-refractivity contribution in [3.63, 3.8) is 0 Å². The Balaban J connectivity index is 1.96. The van der Waals surface area contributed by atoms with Crippen LogP contribution in [-0.4, -0.2) is 21.6 Å². The lowest BCUT2D eigenvalue weighted by Gasteiger charge is -2.04. The standard InChI is InChI=1S/C14H15FN4O2/c1-19-8-11(13(16)21)14(18-19)17-12(20)7-4-9-2-5-10(15)6-3-9/h2-3,5-6,8H,4,7H2,1H3,(H2,16,21)(H,17,18,20). The second-order valence-corrected chi connectivity index (χ2v) is 4.60. The molecule has 21 heavy (non-hydrogen) atoms. The van der Waals surface area contributed by atoms with E-state index in [1.54, 1.807) is 19.2 Å². The first-order valence-corrected chi connectivity index (χ1v) is 6.33. The van der Waals surface area contributed by atoms with Gasteiger partial charge in [-0.1, -0.05) is 12.1 Å². The van der Waals surface area contributed by atoms with Gasteiger partial charge in [-0.2, -0.15) is 5.10 Å². The van der Waals surface area contributed by atoms with Crippen LogP contribution in [-0.2, 0) is 18.3 Å². The molecule has 1 aromatic carbocycles. The fraction of sp³-hybridized carbons (Fsp3) is 0.214. The SMILES string of the molecule is Cn1cc(C(N)=O)c(NC(=O)CCc2ccc(F)cc2)n1. The van der Waals surface area contributed by atoms with E-state index >= 15 is 0 Å². The summed E-state index contributed by atoms with van der Waals surface area (Å²) in [6.07, 6.45) is 2.10. The van der Waals surface area contributed by atoms with Gasteiger partial charge in [-0.25, -0.2) is 4.39 Å². The van der Waals surface area contributed by atoms with Gasteiger partial charge in [0, 0.05) is 19.7 Å². The lowest BCUT2D eigenvalue weighted by Crippen LogP contribution is -2.17. The maximum Gasteiger partial charge on any atom is 0.254 e. The van der Waals surface area contributed by atoms with Crippen molar-refractivity contribution in [3.05, 3.63) is 47.4 Å². The number of aromatic nitrogens is 2. The number of carbonyl (C=O) groups is 2. The van der Waals surface area contributed by atoms with Crippen LogP contribution in [0.25, 0.3) is 0 Å². The molecule has 0 radical (unpaired) electrons.